The number of anilines is 3. The van der Waals surface area contributed by atoms with Crippen LogP contribution in [-0.2, 0) is 0 Å². The second-order valence-electron chi connectivity index (χ2n) is 3.60. The van der Waals surface area contributed by atoms with E-state index >= 15 is 0 Å². The van der Waals surface area contributed by atoms with Gasteiger partial charge in [0.2, 0.25) is 0 Å². The summed E-state index contributed by atoms with van der Waals surface area (Å²) in [7, 11) is 0. The van der Waals surface area contributed by atoms with E-state index in [9.17, 15) is 8.78 Å². The number of hydrogen-bond acceptors (Lipinski definition) is 4. The molecule has 0 aliphatic rings. The van der Waals surface area contributed by atoms with Gasteiger partial charge in [-0.2, -0.15) is 8.78 Å². The van der Waals surface area contributed by atoms with Gasteiger partial charge >= 0.3 is 6.61 Å². The Balaban J connectivity index is 2.13. The molecule has 0 saturated heterocycles. The molecule has 1 aromatic carbocycles. The summed E-state index contributed by atoms with van der Waals surface area (Å²) in [6, 6.07) is 9.15. The van der Waals surface area contributed by atoms with Crippen molar-refractivity contribution in [3.8, 4) is 5.75 Å². The highest BCUT2D eigenvalue weighted by Crippen LogP contribution is 2.24. The third kappa shape index (κ3) is 3.69. The number of hydrogen-bond donors (Lipinski definition) is 2. The standard InChI is InChI=1S/C12H10ClF2N3O/c13-10-6-5-9(16)11(18-10)17-7-1-3-8(4-2-7)19-12(14)15/h1-6,12H,16H2,(H,17,18). The molecule has 2 rings (SSSR count). The summed E-state index contributed by atoms with van der Waals surface area (Å²) in [5.41, 5.74) is 6.78. The molecule has 0 bridgehead atoms. The van der Waals surface area contributed by atoms with Crippen LogP contribution in [0.5, 0.6) is 5.75 Å². The molecule has 0 aliphatic heterocycles. The van der Waals surface area contributed by atoms with Crippen molar-refractivity contribution in [2.75, 3.05) is 11.1 Å². The highest BCUT2D eigenvalue weighted by molar-refractivity contribution is 6.29. The van der Waals surface area contributed by atoms with Crippen LogP contribution in [0.3, 0.4) is 0 Å². The molecule has 1 heterocycles. The summed E-state index contributed by atoms with van der Waals surface area (Å²) < 4.78 is 28.2. The van der Waals surface area contributed by atoms with Crippen LogP contribution < -0.4 is 15.8 Å². The second-order valence-corrected chi connectivity index (χ2v) is 3.99. The van der Waals surface area contributed by atoms with Crippen molar-refractivity contribution in [3.63, 3.8) is 0 Å². The maximum absolute atomic E-state index is 12.0. The summed E-state index contributed by atoms with van der Waals surface area (Å²) in [4.78, 5) is 4.02. The number of benzene rings is 1. The topological polar surface area (TPSA) is 60.2 Å². The maximum Gasteiger partial charge on any atom is 0.387 e. The first-order chi connectivity index (χ1) is 9.04. The third-order valence-corrected chi connectivity index (χ3v) is 2.45. The van der Waals surface area contributed by atoms with Crippen LogP contribution in [0, 0.1) is 0 Å². The first-order valence-corrected chi connectivity index (χ1v) is 5.66. The lowest BCUT2D eigenvalue weighted by Crippen LogP contribution is -2.02. The molecule has 0 atom stereocenters. The van der Waals surface area contributed by atoms with Crippen LogP contribution in [0.25, 0.3) is 0 Å². The molecule has 1 aromatic heterocycles. The summed E-state index contributed by atoms with van der Waals surface area (Å²) in [5.74, 6) is 0.475. The Hall–Kier alpha value is -2.08. The quantitative estimate of drug-likeness (QED) is 0.842. The van der Waals surface area contributed by atoms with Crippen molar-refractivity contribution >= 4 is 28.8 Å². The fourth-order valence-electron chi connectivity index (χ4n) is 1.40. The Morgan fingerprint density at radius 2 is 1.84 bits per heavy atom. The molecule has 0 amide bonds. The Labute approximate surface area is 113 Å². The minimum atomic E-state index is -2.84. The van der Waals surface area contributed by atoms with Crippen molar-refractivity contribution < 1.29 is 13.5 Å². The fourth-order valence-corrected chi connectivity index (χ4v) is 1.55. The maximum atomic E-state index is 12.0. The van der Waals surface area contributed by atoms with Gasteiger partial charge in [-0.15, -0.1) is 0 Å². The van der Waals surface area contributed by atoms with E-state index in [1.165, 1.54) is 12.1 Å². The van der Waals surface area contributed by atoms with Gasteiger partial charge in [0.05, 0.1) is 5.69 Å². The highest BCUT2D eigenvalue weighted by atomic mass is 35.5. The number of alkyl halides is 2. The number of halogens is 3. The number of aromatic nitrogens is 1. The molecule has 100 valence electrons. The monoisotopic (exact) mass is 285 g/mol. The predicted molar refractivity (Wildman–Crippen MR) is 70.0 cm³/mol. The van der Waals surface area contributed by atoms with Crippen molar-refractivity contribution in [1.29, 1.82) is 0 Å². The summed E-state index contributed by atoms with van der Waals surface area (Å²) >= 11 is 5.76. The molecular weight excluding hydrogens is 276 g/mol. The minimum Gasteiger partial charge on any atom is -0.435 e. The zero-order valence-electron chi connectivity index (χ0n) is 9.61. The van der Waals surface area contributed by atoms with E-state index in [4.69, 9.17) is 17.3 Å². The minimum absolute atomic E-state index is 0.0765. The fraction of sp³-hybridized carbons (Fsp3) is 0.0833. The van der Waals surface area contributed by atoms with Gasteiger partial charge in [-0.05, 0) is 36.4 Å². The van der Waals surface area contributed by atoms with Crippen LogP contribution >= 0.6 is 11.6 Å². The van der Waals surface area contributed by atoms with Gasteiger partial charge in [0, 0.05) is 5.69 Å². The van der Waals surface area contributed by atoms with E-state index in [0.717, 1.165) is 0 Å². The van der Waals surface area contributed by atoms with Crippen molar-refractivity contribution in [1.82, 2.24) is 4.98 Å². The van der Waals surface area contributed by atoms with E-state index in [1.807, 2.05) is 0 Å². The Kier molecular flexibility index (Phi) is 4.01. The molecule has 4 nitrogen and oxygen atoms in total. The number of nitrogens with one attached hydrogen (secondary N) is 1. The van der Waals surface area contributed by atoms with Crippen molar-refractivity contribution in [2.45, 2.75) is 6.61 Å². The number of pyridine rings is 1. The van der Waals surface area contributed by atoms with Gasteiger partial charge in [0.15, 0.2) is 5.82 Å². The molecule has 0 saturated carbocycles. The Morgan fingerprint density at radius 1 is 1.16 bits per heavy atom. The lowest BCUT2D eigenvalue weighted by Gasteiger charge is -2.09. The van der Waals surface area contributed by atoms with Gasteiger partial charge < -0.3 is 15.8 Å². The molecule has 19 heavy (non-hydrogen) atoms. The lowest BCUT2D eigenvalue weighted by atomic mass is 10.3. The molecule has 0 aliphatic carbocycles. The van der Waals surface area contributed by atoms with Gasteiger partial charge in [-0.3, -0.25) is 0 Å². The van der Waals surface area contributed by atoms with Crippen LogP contribution in [0.4, 0.5) is 26.0 Å². The van der Waals surface area contributed by atoms with Gasteiger partial charge in [0.25, 0.3) is 0 Å². The van der Waals surface area contributed by atoms with Crippen molar-refractivity contribution in [3.05, 3.63) is 41.6 Å². The smallest absolute Gasteiger partial charge is 0.387 e. The van der Waals surface area contributed by atoms with E-state index in [-0.39, 0.29) is 5.75 Å². The van der Waals surface area contributed by atoms with Gasteiger partial charge in [-0.25, -0.2) is 4.98 Å². The first-order valence-electron chi connectivity index (χ1n) is 5.28. The number of nitrogens with two attached hydrogens (primary N) is 1. The SMILES string of the molecule is Nc1ccc(Cl)nc1Nc1ccc(OC(F)F)cc1. The molecular formula is C12H10ClF2N3O. The molecule has 7 heteroatoms. The normalized spacial score (nSPS) is 10.5. The average Bonchev–Trinajstić information content (AvgIpc) is 2.35. The molecule has 2 aromatic rings. The summed E-state index contributed by atoms with van der Waals surface area (Å²) in [6.07, 6.45) is 0. The third-order valence-electron chi connectivity index (χ3n) is 2.23. The number of nitrogens with zero attached hydrogens (tertiary/aromatic N) is 1. The summed E-state index contributed by atoms with van der Waals surface area (Å²) in [5, 5.41) is 3.23. The lowest BCUT2D eigenvalue weighted by molar-refractivity contribution is -0.0498. The molecule has 0 spiro atoms. The number of ether oxygens (including phenoxy) is 1. The van der Waals surface area contributed by atoms with E-state index in [2.05, 4.69) is 15.0 Å². The van der Waals surface area contributed by atoms with Crippen LogP contribution in [0.15, 0.2) is 36.4 Å². The van der Waals surface area contributed by atoms with E-state index in [1.54, 1.807) is 24.3 Å². The largest absolute Gasteiger partial charge is 0.435 e. The first kappa shape index (κ1) is 13.4. The molecule has 0 unspecified atom stereocenters. The zero-order valence-corrected chi connectivity index (χ0v) is 10.4. The van der Waals surface area contributed by atoms with Crippen LogP contribution in [0.1, 0.15) is 0 Å². The Bertz CT molecular complexity index is 563. The van der Waals surface area contributed by atoms with Crippen LogP contribution in [0.2, 0.25) is 5.15 Å². The van der Waals surface area contributed by atoms with Crippen molar-refractivity contribution in [2.24, 2.45) is 0 Å². The number of nitrogen functional groups attached to an aromatic ring is 1. The zero-order chi connectivity index (χ0) is 13.8. The Morgan fingerprint density at radius 3 is 2.47 bits per heavy atom. The van der Waals surface area contributed by atoms with E-state index in [0.29, 0.717) is 22.3 Å². The highest BCUT2D eigenvalue weighted by Gasteiger charge is 2.05. The summed E-state index contributed by atoms with van der Waals surface area (Å²) in [6.45, 7) is -2.84. The van der Waals surface area contributed by atoms with E-state index < -0.39 is 6.61 Å². The average molecular weight is 286 g/mol. The number of rotatable bonds is 4. The molecule has 3 N–H and O–H groups in total. The predicted octanol–water partition coefficient (Wildman–Crippen LogP) is 3.66. The van der Waals surface area contributed by atoms with Gasteiger partial charge in [0.1, 0.15) is 10.9 Å². The van der Waals surface area contributed by atoms with Crippen LogP contribution in [-0.4, -0.2) is 11.6 Å². The second kappa shape index (κ2) is 5.71. The van der Waals surface area contributed by atoms with Gasteiger partial charge in [-0.1, -0.05) is 11.6 Å². The molecule has 0 fully saturated rings. The molecule has 0 radical (unpaired) electrons.